The lowest BCUT2D eigenvalue weighted by Gasteiger charge is -2.29. The molecule has 0 unspecified atom stereocenters. The molecule has 3 rings (SSSR count). The van der Waals surface area contributed by atoms with Crippen LogP contribution in [0.4, 0.5) is 0 Å². The molecule has 0 N–H and O–H groups in total. The maximum Gasteiger partial charge on any atom is 0.227 e. The van der Waals surface area contributed by atoms with Gasteiger partial charge in [-0.15, -0.1) is 0 Å². The Balaban J connectivity index is 1.88. The molecule has 1 heterocycles. The molecule has 1 saturated heterocycles. The first-order valence-electron chi connectivity index (χ1n) is 8.79. The number of amides is 1. The van der Waals surface area contributed by atoms with E-state index < -0.39 is 9.84 Å². The smallest absolute Gasteiger partial charge is 0.227 e. The summed E-state index contributed by atoms with van der Waals surface area (Å²) in [6.45, 7) is 4.32. The van der Waals surface area contributed by atoms with Crippen LogP contribution in [0.1, 0.15) is 25.8 Å². The molecule has 1 aliphatic heterocycles. The number of nitrogens with zero attached hydrogens (tertiary/aromatic N) is 1. The lowest BCUT2D eigenvalue weighted by atomic mass is 10.1. The number of allylic oxidation sites excluding steroid dienone is 1. The lowest BCUT2D eigenvalue weighted by Crippen LogP contribution is -2.42. The zero-order valence-electron chi connectivity index (χ0n) is 15.2. The van der Waals surface area contributed by atoms with Crippen molar-refractivity contribution in [3.8, 4) is 0 Å². The second kappa shape index (κ2) is 7.58. The van der Waals surface area contributed by atoms with Crippen LogP contribution in [-0.4, -0.2) is 36.8 Å². The van der Waals surface area contributed by atoms with Gasteiger partial charge in [0.25, 0.3) is 0 Å². The van der Waals surface area contributed by atoms with Gasteiger partial charge in [0.1, 0.15) is 4.49 Å². The molecule has 27 heavy (non-hydrogen) atoms. The summed E-state index contributed by atoms with van der Waals surface area (Å²) in [5.74, 6) is -0.272. The minimum atomic E-state index is -3.12. The second-order valence-electron chi connectivity index (χ2n) is 7.93. The lowest BCUT2D eigenvalue weighted by molar-refractivity contribution is -0.136. The van der Waals surface area contributed by atoms with Crippen molar-refractivity contribution in [1.82, 2.24) is 4.90 Å². The van der Waals surface area contributed by atoms with E-state index in [1.165, 1.54) is 0 Å². The normalized spacial score (nSPS) is 27.8. The molecule has 1 aromatic rings. The Hall–Kier alpha value is -0.750. The van der Waals surface area contributed by atoms with Gasteiger partial charge in [-0.1, -0.05) is 60.8 Å². The monoisotopic (exact) mass is 449 g/mol. The molecule has 1 aliphatic carbocycles. The van der Waals surface area contributed by atoms with Crippen LogP contribution in [0.3, 0.4) is 0 Å². The molecule has 148 valence electrons. The van der Waals surface area contributed by atoms with Gasteiger partial charge in [0.2, 0.25) is 5.91 Å². The predicted octanol–water partition coefficient (Wildman–Crippen LogP) is 4.45. The van der Waals surface area contributed by atoms with E-state index in [2.05, 4.69) is 0 Å². The summed E-state index contributed by atoms with van der Waals surface area (Å²) in [5.41, 5.74) is 0.608. The van der Waals surface area contributed by atoms with Crippen molar-refractivity contribution in [2.75, 3.05) is 11.5 Å². The highest BCUT2D eigenvalue weighted by Crippen LogP contribution is 2.60. The third kappa shape index (κ3) is 4.64. The molecule has 0 aromatic heterocycles. The molecule has 1 amide bonds. The number of carbonyl (C=O) groups is 1. The zero-order valence-corrected chi connectivity index (χ0v) is 18.2. The van der Waals surface area contributed by atoms with Gasteiger partial charge < -0.3 is 4.90 Å². The average molecular weight is 451 g/mol. The highest BCUT2D eigenvalue weighted by atomic mass is 35.5. The average Bonchev–Trinajstić information content (AvgIpc) is 2.88. The van der Waals surface area contributed by atoms with Crippen LogP contribution in [0.15, 0.2) is 34.8 Å². The first kappa shape index (κ1) is 21.0. The van der Waals surface area contributed by atoms with Crippen LogP contribution in [-0.2, 0) is 21.2 Å². The topological polar surface area (TPSA) is 54.5 Å². The number of carbonyl (C=O) groups excluding carboxylic acids is 1. The van der Waals surface area contributed by atoms with E-state index in [1.807, 2.05) is 26.0 Å². The summed E-state index contributed by atoms with van der Waals surface area (Å²) in [4.78, 5) is 15.1. The van der Waals surface area contributed by atoms with Crippen LogP contribution in [0.5, 0.6) is 0 Å². The Morgan fingerprint density at radius 3 is 2.59 bits per heavy atom. The Morgan fingerprint density at radius 2 is 2.04 bits per heavy atom. The van der Waals surface area contributed by atoms with Gasteiger partial charge in [-0.25, -0.2) is 8.42 Å². The van der Waals surface area contributed by atoms with E-state index >= 15 is 0 Å². The highest BCUT2D eigenvalue weighted by Gasteiger charge is 2.62. The second-order valence-corrected chi connectivity index (χ2v) is 11.6. The Morgan fingerprint density at radius 1 is 1.33 bits per heavy atom. The maximum atomic E-state index is 13.4. The molecular weight excluding hydrogens is 429 g/mol. The number of hydrogen-bond acceptors (Lipinski definition) is 3. The molecule has 1 saturated carbocycles. The van der Waals surface area contributed by atoms with Crippen molar-refractivity contribution in [1.29, 1.82) is 0 Å². The van der Waals surface area contributed by atoms with Gasteiger partial charge >= 0.3 is 0 Å². The fourth-order valence-electron chi connectivity index (χ4n) is 4.01. The van der Waals surface area contributed by atoms with Crippen LogP contribution in [0.2, 0.25) is 5.02 Å². The number of hydrogen-bond donors (Lipinski definition) is 0. The van der Waals surface area contributed by atoms with Crippen molar-refractivity contribution in [3.05, 3.63) is 45.4 Å². The third-order valence-electron chi connectivity index (χ3n) is 5.66. The van der Waals surface area contributed by atoms with Gasteiger partial charge in [0, 0.05) is 17.6 Å². The third-order valence-corrected chi connectivity index (χ3v) is 7.89. The van der Waals surface area contributed by atoms with E-state index in [-0.39, 0.29) is 45.2 Å². The Kier molecular flexibility index (Phi) is 5.89. The minimum Gasteiger partial charge on any atom is -0.334 e. The molecule has 2 fully saturated rings. The maximum absolute atomic E-state index is 13.4. The summed E-state index contributed by atoms with van der Waals surface area (Å²) in [6.07, 6.45) is 2.16. The summed E-state index contributed by atoms with van der Waals surface area (Å²) in [6, 6.07) is 6.96. The van der Waals surface area contributed by atoms with Crippen LogP contribution >= 0.6 is 34.8 Å². The minimum absolute atomic E-state index is 0.00320. The summed E-state index contributed by atoms with van der Waals surface area (Å²) >= 11 is 17.7. The number of rotatable bonds is 5. The summed E-state index contributed by atoms with van der Waals surface area (Å²) < 4.78 is 24.1. The number of benzene rings is 1. The highest BCUT2D eigenvalue weighted by molar-refractivity contribution is 7.91. The van der Waals surface area contributed by atoms with E-state index in [4.69, 9.17) is 34.8 Å². The zero-order chi connectivity index (χ0) is 20.0. The molecule has 0 spiro atoms. The fourth-order valence-corrected chi connectivity index (χ4v) is 6.23. The largest absolute Gasteiger partial charge is 0.334 e. The number of halogens is 3. The molecule has 1 aromatic carbocycles. The van der Waals surface area contributed by atoms with Crippen molar-refractivity contribution in [3.63, 3.8) is 0 Å². The van der Waals surface area contributed by atoms with Crippen molar-refractivity contribution >= 4 is 50.5 Å². The first-order valence-corrected chi connectivity index (χ1v) is 11.7. The molecule has 3 atom stereocenters. The molecule has 0 bridgehead atoms. The van der Waals surface area contributed by atoms with Crippen molar-refractivity contribution in [2.24, 2.45) is 17.3 Å². The molecule has 8 heteroatoms. The molecular formula is C19H22Cl3NO3S. The quantitative estimate of drug-likeness (QED) is 0.666. The van der Waals surface area contributed by atoms with Crippen LogP contribution in [0.25, 0.3) is 0 Å². The Labute approximate surface area is 175 Å². The summed E-state index contributed by atoms with van der Waals surface area (Å²) in [7, 11) is -3.12. The van der Waals surface area contributed by atoms with Gasteiger partial charge in [0.05, 0.1) is 17.4 Å². The van der Waals surface area contributed by atoms with Gasteiger partial charge in [-0.05, 0) is 41.5 Å². The molecule has 0 radical (unpaired) electrons. The van der Waals surface area contributed by atoms with Crippen molar-refractivity contribution in [2.45, 2.75) is 32.9 Å². The SMILES string of the molecule is CC1(C)[C@H](C(=O)N(Cc2cccc(Cl)c2)[C@@H]2CCS(=O)(=O)C2)[C@@H]1C=C(Cl)Cl. The molecule has 4 nitrogen and oxygen atoms in total. The van der Waals surface area contributed by atoms with E-state index in [1.54, 1.807) is 23.1 Å². The Bertz CT molecular complexity index is 878. The van der Waals surface area contributed by atoms with E-state index in [9.17, 15) is 13.2 Å². The predicted molar refractivity (Wildman–Crippen MR) is 110 cm³/mol. The standard InChI is InChI=1S/C19H22Cl3NO3S/c1-19(2)15(9-16(21)22)17(19)18(24)23(14-6-7-27(25,26)11-14)10-12-4-3-5-13(20)8-12/h3-5,8-9,14-15,17H,6-7,10-11H2,1-2H3/t14-,15+,17+/m1/s1. The van der Waals surface area contributed by atoms with Gasteiger partial charge in [0.15, 0.2) is 9.84 Å². The van der Waals surface area contributed by atoms with E-state index in [0.717, 1.165) is 5.56 Å². The van der Waals surface area contributed by atoms with Gasteiger partial charge in [-0.2, -0.15) is 0 Å². The van der Waals surface area contributed by atoms with Gasteiger partial charge in [-0.3, -0.25) is 4.79 Å². The number of sulfone groups is 1. The van der Waals surface area contributed by atoms with Crippen LogP contribution < -0.4 is 0 Å². The fraction of sp³-hybridized carbons (Fsp3) is 0.526. The van der Waals surface area contributed by atoms with E-state index in [0.29, 0.717) is 18.0 Å². The first-order chi connectivity index (χ1) is 12.5. The summed E-state index contributed by atoms with van der Waals surface area (Å²) in [5, 5.41) is 0.584. The van der Waals surface area contributed by atoms with Crippen LogP contribution in [0, 0.1) is 17.3 Å². The molecule has 2 aliphatic rings. The van der Waals surface area contributed by atoms with Crippen molar-refractivity contribution < 1.29 is 13.2 Å².